The summed E-state index contributed by atoms with van der Waals surface area (Å²) in [6.07, 6.45) is 0. The number of aryl methyl sites for hydroxylation is 2. The van der Waals surface area contributed by atoms with Crippen molar-refractivity contribution in [3.05, 3.63) is 62.6 Å². The van der Waals surface area contributed by atoms with Crippen LogP contribution in [0.5, 0.6) is 5.75 Å². The normalized spacial score (nSPS) is 10.3. The van der Waals surface area contributed by atoms with Crippen molar-refractivity contribution in [2.24, 2.45) is 0 Å². The Labute approximate surface area is 125 Å². The molecule has 0 aliphatic rings. The first-order valence-electron chi connectivity index (χ1n) is 5.72. The highest BCUT2D eigenvalue weighted by Gasteiger charge is 2.13. The van der Waals surface area contributed by atoms with E-state index in [9.17, 15) is 4.79 Å². The van der Waals surface area contributed by atoms with Gasteiger partial charge in [0.25, 0.3) is 0 Å². The quantitative estimate of drug-likeness (QED) is 0.572. The van der Waals surface area contributed by atoms with Gasteiger partial charge in [0.15, 0.2) is 5.75 Å². The van der Waals surface area contributed by atoms with Gasteiger partial charge in [-0.3, -0.25) is 0 Å². The topological polar surface area (TPSA) is 26.3 Å². The van der Waals surface area contributed by atoms with Gasteiger partial charge in [-0.25, -0.2) is 4.79 Å². The summed E-state index contributed by atoms with van der Waals surface area (Å²) in [6.45, 7) is 3.80. The van der Waals surface area contributed by atoms with Crippen LogP contribution in [0, 0.1) is 13.8 Å². The van der Waals surface area contributed by atoms with Crippen LogP contribution < -0.4 is 4.74 Å². The second kappa shape index (κ2) is 5.76. The van der Waals surface area contributed by atoms with Crippen LogP contribution in [0.1, 0.15) is 21.5 Å². The van der Waals surface area contributed by atoms with Gasteiger partial charge >= 0.3 is 5.97 Å². The van der Waals surface area contributed by atoms with Crippen molar-refractivity contribution in [1.82, 2.24) is 0 Å². The summed E-state index contributed by atoms with van der Waals surface area (Å²) in [7, 11) is 0. The molecule has 0 saturated carbocycles. The van der Waals surface area contributed by atoms with Crippen molar-refractivity contribution in [3.63, 3.8) is 0 Å². The maximum atomic E-state index is 12.0. The van der Waals surface area contributed by atoms with E-state index in [1.807, 2.05) is 32.0 Å². The molecule has 0 unspecified atom stereocenters. The van der Waals surface area contributed by atoms with Crippen molar-refractivity contribution in [2.45, 2.75) is 13.8 Å². The molecule has 2 aromatic carbocycles. The first-order chi connectivity index (χ1) is 8.97. The summed E-state index contributed by atoms with van der Waals surface area (Å²) >= 11 is 9.43. The van der Waals surface area contributed by atoms with E-state index < -0.39 is 5.97 Å². The SMILES string of the molecule is Cc1ccc(C(=O)Oc2c(C)cc(Br)cc2Cl)cc1. The van der Waals surface area contributed by atoms with Gasteiger partial charge in [-0.2, -0.15) is 0 Å². The second-order valence-electron chi connectivity index (χ2n) is 4.29. The Morgan fingerprint density at radius 1 is 1.16 bits per heavy atom. The molecule has 19 heavy (non-hydrogen) atoms. The van der Waals surface area contributed by atoms with E-state index in [2.05, 4.69) is 15.9 Å². The van der Waals surface area contributed by atoms with Crippen molar-refractivity contribution < 1.29 is 9.53 Å². The van der Waals surface area contributed by atoms with Gasteiger partial charge in [-0.1, -0.05) is 45.2 Å². The summed E-state index contributed by atoms with van der Waals surface area (Å²) in [6, 6.07) is 10.8. The number of esters is 1. The molecule has 0 amide bonds. The smallest absolute Gasteiger partial charge is 0.343 e. The van der Waals surface area contributed by atoms with Crippen LogP contribution in [0.4, 0.5) is 0 Å². The van der Waals surface area contributed by atoms with Gasteiger partial charge in [0, 0.05) is 4.47 Å². The lowest BCUT2D eigenvalue weighted by molar-refractivity contribution is 0.0733. The summed E-state index contributed by atoms with van der Waals surface area (Å²) in [5.41, 5.74) is 2.40. The highest BCUT2D eigenvalue weighted by Crippen LogP contribution is 2.32. The fourth-order valence-electron chi connectivity index (χ4n) is 1.66. The molecule has 0 fully saturated rings. The first kappa shape index (κ1) is 14.1. The van der Waals surface area contributed by atoms with Crippen molar-refractivity contribution in [3.8, 4) is 5.75 Å². The van der Waals surface area contributed by atoms with E-state index in [1.165, 1.54) is 0 Å². The molecular weight excluding hydrogens is 328 g/mol. The molecule has 0 spiro atoms. The molecule has 2 aromatic rings. The number of ether oxygens (including phenoxy) is 1. The molecule has 0 aliphatic heterocycles. The van der Waals surface area contributed by atoms with Crippen LogP contribution in [-0.4, -0.2) is 5.97 Å². The van der Waals surface area contributed by atoms with E-state index >= 15 is 0 Å². The minimum atomic E-state index is -0.410. The summed E-state index contributed by atoms with van der Waals surface area (Å²) in [5.74, 6) is -0.0113. The fourth-order valence-corrected chi connectivity index (χ4v) is 2.67. The van der Waals surface area contributed by atoms with Gasteiger partial charge in [-0.15, -0.1) is 0 Å². The number of carbonyl (C=O) groups is 1. The lowest BCUT2D eigenvalue weighted by atomic mass is 10.1. The van der Waals surface area contributed by atoms with E-state index in [0.29, 0.717) is 16.3 Å². The zero-order chi connectivity index (χ0) is 14.0. The zero-order valence-electron chi connectivity index (χ0n) is 10.5. The lowest BCUT2D eigenvalue weighted by Crippen LogP contribution is -2.09. The molecule has 2 nitrogen and oxygen atoms in total. The van der Waals surface area contributed by atoms with Crippen molar-refractivity contribution in [1.29, 1.82) is 0 Å². The molecule has 0 N–H and O–H groups in total. The highest BCUT2D eigenvalue weighted by molar-refractivity contribution is 9.10. The maximum absolute atomic E-state index is 12.0. The fraction of sp³-hybridized carbons (Fsp3) is 0.133. The Kier molecular flexibility index (Phi) is 4.27. The predicted molar refractivity (Wildman–Crippen MR) is 80.0 cm³/mol. The summed E-state index contributed by atoms with van der Waals surface area (Å²) < 4.78 is 6.22. The number of benzene rings is 2. The number of hydrogen-bond donors (Lipinski definition) is 0. The standard InChI is InChI=1S/C15H12BrClO2/c1-9-3-5-11(6-4-9)15(18)19-14-10(2)7-12(16)8-13(14)17/h3-8H,1-2H3. The van der Waals surface area contributed by atoms with Gasteiger partial charge in [-0.05, 0) is 43.7 Å². The third kappa shape index (κ3) is 3.37. The highest BCUT2D eigenvalue weighted by atomic mass is 79.9. The molecule has 0 aromatic heterocycles. The van der Waals surface area contributed by atoms with Crippen LogP contribution in [-0.2, 0) is 0 Å². The minimum absolute atomic E-state index is 0.399. The van der Waals surface area contributed by atoms with Crippen LogP contribution in [0.25, 0.3) is 0 Å². The Morgan fingerprint density at radius 2 is 1.79 bits per heavy atom. The van der Waals surface area contributed by atoms with Gasteiger partial charge in [0.05, 0.1) is 10.6 Å². The van der Waals surface area contributed by atoms with E-state index in [4.69, 9.17) is 16.3 Å². The van der Waals surface area contributed by atoms with Gasteiger partial charge < -0.3 is 4.74 Å². The Balaban J connectivity index is 2.26. The van der Waals surface area contributed by atoms with Crippen LogP contribution in [0.15, 0.2) is 40.9 Å². The largest absolute Gasteiger partial charge is 0.421 e. The molecule has 0 heterocycles. The average Bonchev–Trinajstić information content (AvgIpc) is 2.34. The first-order valence-corrected chi connectivity index (χ1v) is 6.89. The van der Waals surface area contributed by atoms with E-state index in [1.54, 1.807) is 18.2 Å². The molecule has 4 heteroatoms. The van der Waals surface area contributed by atoms with Crippen LogP contribution in [0.3, 0.4) is 0 Å². The molecule has 0 radical (unpaired) electrons. The van der Waals surface area contributed by atoms with Crippen molar-refractivity contribution in [2.75, 3.05) is 0 Å². The molecule has 0 aliphatic carbocycles. The predicted octanol–water partition coefficient (Wildman–Crippen LogP) is 4.94. The van der Waals surface area contributed by atoms with Crippen LogP contribution in [0.2, 0.25) is 5.02 Å². The number of carbonyl (C=O) groups excluding carboxylic acids is 1. The summed E-state index contributed by atoms with van der Waals surface area (Å²) in [5, 5.41) is 0.410. The van der Waals surface area contributed by atoms with Crippen molar-refractivity contribution >= 4 is 33.5 Å². The van der Waals surface area contributed by atoms with Crippen LogP contribution >= 0.6 is 27.5 Å². The Morgan fingerprint density at radius 3 is 2.37 bits per heavy atom. The third-order valence-corrected chi connectivity index (χ3v) is 3.41. The third-order valence-electron chi connectivity index (χ3n) is 2.68. The number of rotatable bonds is 2. The zero-order valence-corrected chi connectivity index (χ0v) is 12.9. The number of halogens is 2. The molecule has 98 valence electrons. The van der Waals surface area contributed by atoms with E-state index in [-0.39, 0.29) is 0 Å². The molecule has 0 atom stereocenters. The second-order valence-corrected chi connectivity index (χ2v) is 5.61. The minimum Gasteiger partial charge on any atom is -0.421 e. The molecule has 0 saturated heterocycles. The molecule has 0 bridgehead atoms. The molecular formula is C15H12BrClO2. The Hall–Kier alpha value is -1.32. The molecule has 2 rings (SSSR count). The number of hydrogen-bond acceptors (Lipinski definition) is 2. The monoisotopic (exact) mass is 338 g/mol. The van der Waals surface area contributed by atoms with E-state index in [0.717, 1.165) is 15.6 Å². The summed E-state index contributed by atoms with van der Waals surface area (Å²) in [4.78, 5) is 12.0. The lowest BCUT2D eigenvalue weighted by Gasteiger charge is -2.10. The Bertz CT molecular complexity index is 598. The average molecular weight is 340 g/mol. The maximum Gasteiger partial charge on any atom is 0.343 e. The van der Waals surface area contributed by atoms with Gasteiger partial charge in [0.1, 0.15) is 0 Å². The van der Waals surface area contributed by atoms with Gasteiger partial charge in [0.2, 0.25) is 0 Å².